The molecule has 0 bridgehead atoms. The number of nitrogens with one attached hydrogen (secondary N) is 3. The molecule has 6 nitrogen and oxygen atoms in total. The summed E-state index contributed by atoms with van der Waals surface area (Å²) < 4.78 is 0. The Bertz CT molecular complexity index is 482. The molecule has 2 heterocycles. The van der Waals surface area contributed by atoms with Crippen molar-refractivity contribution in [1.82, 2.24) is 16.0 Å². The average molecular weight is 276 g/mol. The van der Waals surface area contributed by atoms with Gasteiger partial charge in [-0.25, -0.2) is 5.32 Å². The molecular weight excluding hydrogens is 256 g/mol. The smallest absolute Gasteiger partial charge is 0.183 e. The number of benzene rings is 1. The van der Waals surface area contributed by atoms with E-state index in [1.54, 1.807) is 6.20 Å². The van der Waals surface area contributed by atoms with Crippen LogP contribution in [0, 0.1) is 0 Å². The minimum absolute atomic E-state index is 0.724. The highest BCUT2D eigenvalue weighted by Crippen LogP contribution is 2.23. The standard InChI is InChI=1S/C14H20N4O2/c19-13-12(9-16-14(20)17-13)10-1-3-11(4-2-10)18-7-5-15-6-8-18/h1-4,9,13-17,19-20H,5-8H2. The van der Waals surface area contributed by atoms with Crippen LogP contribution in [0.25, 0.3) is 5.57 Å². The molecule has 0 spiro atoms. The van der Waals surface area contributed by atoms with E-state index in [0.29, 0.717) is 0 Å². The van der Waals surface area contributed by atoms with Crippen LogP contribution in [0.1, 0.15) is 5.56 Å². The van der Waals surface area contributed by atoms with Crippen LogP contribution in [0.5, 0.6) is 0 Å². The van der Waals surface area contributed by atoms with E-state index < -0.39 is 12.6 Å². The molecule has 1 aromatic carbocycles. The molecule has 0 aliphatic carbocycles. The Morgan fingerprint density at radius 2 is 1.75 bits per heavy atom. The van der Waals surface area contributed by atoms with Crippen molar-refractivity contribution in [3.05, 3.63) is 36.0 Å². The van der Waals surface area contributed by atoms with Crippen LogP contribution in [-0.4, -0.2) is 49.0 Å². The minimum atomic E-state index is -0.908. The summed E-state index contributed by atoms with van der Waals surface area (Å²) in [6.07, 6.45) is -0.129. The quantitative estimate of drug-likeness (QED) is 0.488. The van der Waals surface area contributed by atoms with Gasteiger partial charge in [0.05, 0.1) is 0 Å². The molecule has 5 N–H and O–H groups in total. The molecule has 0 radical (unpaired) electrons. The lowest BCUT2D eigenvalue weighted by atomic mass is 10.0. The average Bonchev–Trinajstić information content (AvgIpc) is 2.48. The van der Waals surface area contributed by atoms with Gasteiger partial charge in [-0.2, -0.15) is 0 Å². The fraction of sp³-hybridized carbons (Fsp3) is 0.429. The SMILES string of the molecule is OC1NC=C(c2ccc(N3CCNCC3)cc2)C(O)N1. The van der Waals surface area contributed by atoms with Gasteiger partial charge in [0, 0.05) is 43.6 Å². The molecule has 3 rings (SSSR count). The summed E-state index contributed by atoms with van der Waals surface area (Å²) in [6.45, 7) is 4.05. The summed E-state index contributed by atoms with van der Waals surface area (Å²) in [4.78, 5) is 2.34. The summed E-state index contributed by atoms with van der Waals surface area (Å²) in [7, 11) is 0. The molecule has 2 unspecified atom stereocenters. The molecule has 0 saturated carbocycles. The third-order valence-corrected chi connectivity index (χ3v) is 3.69. The Hall–Kier alpha value is -1.60. The number of nitrogens with zero attached hydrogens (tertiary/aromatic N) is 1. The number of hydrogen-bond donors (Lipinski definition) is 5. The van der Waals surface area contributed by atoms with E-state index in [0.717, 1.165) is 37.3 Å². The van der Waals surface area contributed by atoms with Crippen molar-refractivity contribution < 1.29 is 10.2 Å². The van der Waals surface area contributed by atoms with Crippen LogP contribution >= 0.6 is 0 Å². The van der Waals surface area contributed by atoms with Crippen LogP contribution in [0.3, 0.4) is 0 Å². The number of rotatable bonds is 2. The Kier molecular flexibility index (Phi) is 3.88. The van der Waals surface area contributed by atoms with Crippen LogP contribution < -0.4 is 20.9 Å². The molecule has 0 amide bonds. The minimum Gasteiger partial charge on any atom is -0.374 e. The van der Waals surface area contributed by atoms with Crippen molar-refractivity contribution in [3.63, 3.8) is 0 Å². The highest BCUT2D eigenvalue weighted by Gasteiger charge is 2.20. The summed E-state index contributed by atoms with van der Waals surface area (Å²) in [5, 5.41) is 27.9. The summed E-state index contributed by atoms with van der Waals surface area (Å²) >= 11 is 0. The Morgan fingerprint density at radius 1 is 1.05 bits per heavy atom. The first-order chi connectivity index (χ1) is 9.74. The molecule has 0 aromatic heterocycles. The van der Waals surface area contributed by atoms with Gasteiger partial charge in [-0.05, 0) is 17.7 Å². The lowest BCUT2D eigenvalue weighted by Crippen LogP contribution is -2.49. The fourth-order valence-corrected chi connectivity index (χ4v) is 2.56. The zero-order chi connectivity index (χ0) is 13.9. The number of aliphatic hydroxyl groups is 2. The maximum atomic E-state index is 9.91. The van der Waals surface area contributed by atoms with Crippen molar-refractivity contribution in [2.75, 3.05) is 31.1 Å². The number of aliphatic hydroxyl groups excluding tert-OH is 2. The second-order valence-electron chi connectivity index (χ2n) is 5.02. The Balaban J connectivity index is 1.75. The second kappa shape index (κ2) is 5.80. The zero-order valence-corrected chi connectivity index (χ0v) is 11.2. The van der Waals surface area contributed by atoms with E-state index in [4.69, 9.17) is 0 Å². The third kappa shape index (κ3) is 2.78. The van der Waals surface area contributed by atoms with Crippen molar-refractivity contribution in [1.29, 1.82) is 0 Å². The van der Waals surface area contributed by atoms with E-state index in [1.807, 2.05) is 12.1 Å². The normalized spacial score (nSPS) is 26.9. The van der Waals surface area contributed by atoms with Crippen molar-refractivity contribution in [2.24, 2.45) is 0 Å². The molecule has 2 aliphatic rings. The number of piperazine rings is 1. The van der Waals surface area contributed by atoms with E-state index in [1.165, 1.54) is 5.69 Å². The topological polar surface area (TPSA) is 79.8 Å². The molecule has 1 fully saturated rings. The first kappa shape index (κ1) is 13.4. The van der Waals surface area contributed by atoms with Crippen LogP contribution in [0.4, 0.5) is 5.69 Å². The van der Waals surface area contributed by atoms with Gasteiger partial charge in [0.25, 0.3) is 0 Å². The highest BCUT2D eigenvalue weighted by molar-refractivity contribution is 5.70. The number of hydrogen-bond acceptors (Lipinski definition) is 6. The van der Waals surface area contributed by atoms with Crippen molar-refractivity contribution >= 4 is 11.3 Å². The Morgan fingerprint density at radius 3 is 2.40 bits per heavy atom. The second-order valence-corrected chi connectivity index (χ2v) is 5.02. The largest absolute Gasteiger partial charge is 0.374 e. The predicted molar refractivity (Wildman–Crippen MR) is 77.8 cm³/mol. The van der Waals surface area contributed by atoms with Gasteiger partial charge in [-0.3, -0.25) is 0 Å². The van der Waals surface area contributed by atoms with Gasteiger partial charge in [0.1, 0.15) is 6.23 Å². The first-order valence-corrected chi connectivity index (χ1v) is 6.88. The molecule has 6 heteroatoms. The highest BCUT2D eigenvalue weighted by atomic mass is 16.3. The summed E-state index contributed by atoms with van der Waals surface area (Å²) in [6, 6.07) is 8.12. The third-order valence-electron chi connectivity index (χ3n) is 3.69. The Labute approximate surface area is 118 Å². The fourth-order valence-electron chi connectivity index (χ4n) is 2.56. The monoisotopic (exact) mass is 276 g/mol. The molecule has 2 aliphatic heterocycles. The summed E-state index contributed by atoms with van der Waals surface area (Å²) in [5.74, 6) is 0. The molecule has 1 saturated heterocycles. The van der Waals surface area contributed by atoms with Gasteiger partial charge < -0.3 is 25.7 Å². The zero-order valence-electron chi connectivity index (χ0n) is 11.2. The molecular formula is C14H20N4O2. The van der Waals surface area contributed by atoms with Crippen LogP contribution in [0.15, 0.2) is 30.5 Å². The van der Waals surface area contributed by atoms with Gasteiger partial charge in [0.15, 0.2) is 6.35 Å². The molecule has 20 heavy (non-hydrogen) atoms. The lowest BCUT2D eigenvalue weighted by molar-refractivity contribution is 0.0484. The maximum absolute atomic E-state index is 9.91. The van der Waals surface area contributed by atoms with E-state index >= 15 is 0 Å². The first-order valence-electron chi connectivity index (χ1n) is 6.88. The van der Waals surface area contributed by atoms with Crippen molar-refractivity contribution in [2.45, 2.75) is 12.6 Å². The van der Waals surface area contributed by atoms with Crippen LogP contribution in [-0.2, 0) is 0 Å². The maximum Gasteiger partial charge on any atom is 0.183 e. The van der Waals surface area contributed by atoms with Crippen molar-refractivity contribution in [3.8, 4) is 0 Å². The van der Waals surface area contributed by atoms with E-state index in [9.17, 15) is 10.2 Å². The van der Waals surface area contributed by atoms with Gasteiger partial charge in [-0.15, -0.1) is 0 Å². The lowest BCUT2D eigenvalue weighted by Gasteiger charge is -2.30. The van der Waals surface area contributed by atoms with Gasteiger partial charge in [0.2, 0.25) is 0 Å². The van der Waals surface area contributed by atoms with Gasteiger partial charge >= 0.3 is 0 Å². The molecule has 108 valence electrons. The number of anilines is 1. The van der Waals surface area contributed by atoms with E-state index in [2.05, 4.69) is 33.0 Å². The van der Waals surface area contributed by atoms with Gasteiger partial charge in [-0.1, -0.05) is 12.1 Å². The summed E-state index contributed by atoms with van der Waals surface area (Å²) in [5.41, 5.74) is 2.85. The van der Waals surface area contributed by atoms with Crippen LogP contribution in [0.2, 0.25) is 0 Å². The molecule has 2 atom stereocenters. The molecule has 1 aromatic rings. The van der Waals surface area contributed by atoms with E-state index in [-0.39, 0.29) is 0 Å². The predicted octanol–water partition coefficient (Wildman–Crippen LogP) is -0.776.